The fourth-order valence-electron chi connectivity index (χ4n) is 0.943. The smallest absolute Gasteiger partial charge is 0.332 e. The number of methoxy groups -OCH3 is 1. The average Bonchev–Trinajstić information content (AvgIpc) is 2.18. The Hall–Kier alpha value is -0.280. The summed E-state index contributed by atoms with van der Waals surface area (Å²) in [4.78, 5) is 0. The Labute approximate surface area is 99.3 Å². The van der Waals surface area contributed by atoms with Crippen LogP contribution in [0.5, 0.6) is 11.5 Å². The standard InChI is InChI=1S/C9H12ClO3PS/c1-3-12-14(10,15)13-9-6-4-8(11-2)5-7-9/h4-7H,3H2,1-2H3. The van der Waals surface area contributed by atoms with Gasteiger partial charge in [-0.25, -0.2) is 0 Å². The highest BCUT2D eigenvalue weighted by molar-refractivity contribution is 8.22. The number of hydrogen-bond donors (Lipinski definition) is 0. The summed E-state index contributed by atoms with van der Waals surface area (Å²) < 4.78 is 15.5. The van der Waals surface area contributed by atoms with Crippen molar-refractivity contribution in [2.75, 3.05) is 13.7 Å². The molecule has 1 aromatic rings. The van der Waals surface area contributed by atoms with E-state index in [1.165, 1.54) is 0 Å². The first-order valence-electron chi connectivity index (χ1n) is 4.35. The molecule has 0 bridgehead atoms. The van der Waals surface area contributed by atoms with Crippen LogP contribution in [-0.4, -0.2) is 13.7 Å². The lowest BCUT2D eigenvalue weighted by Gasteiger charge is -2.15. The van der Waals surface area contributed by atoms with Crippen LogP contribution in [0.25, 0.3) is 0 Å². The molecule has 0 fully saturated rings. The topological polar surface area (TPSA) is 27.7 Å². The van der Waals surface area contributed by atoms with Gasteiger partial charge in [0.2, 0.25) is 0 Å². The van der Waals surface area contributed by atoms with Crippen molar-refractivity contribution in [2.45, 2.75) is 6.92 Å². The molecule has 0 amide bonds. The third kappa shape index (κ3) is 4.39. The normalized spacial score (nSPS) is 14.3. The third-order valence-corrected chi connectivity index (χ3v) is 3.59. The van der Waals surface area contributed by atoms with Crippen LogP contribution in [-0.2, 0) is 16.3 Å². The van der Waals surface area contributed by atoms with E-state index in [9.17, 15) is 0 Å². The van der Waals surface area contributed by atoms with Crippen molar-refractivity contribution in [3.8, 4) is 11.5 Å². The Morgan fingerprint density at radius 2 is 1.80 bits per heavy atom. The summed E-state index contributed by atoms with van der Waals surface area (Å²) in [6.07, 6.45) is 0. The molecule has 0 aliphatic carbocycles. The van der Waals surface area contributed by atoms with Crippen molar-refractivity contribution in [1.29, 1.82) is 0 Å². The van der Waals surface area contributed by atoms with Gasteiger partial charge < -0.3 is 13.8 Å². The Morgan fingerprint density at radius 3 is 2.27 bits per heavy atom. The molecule has 6 heteroatoms. The lowest BCUT2D eigenvalue weighted by Crippen LogP contribution is -1.92. The van der Waals surface area contributed by atoms with Gasteiger partial charge in [0.15, 0.2) is 0 Å². The molecule has 0 radical (unpaired) electrons. The number of hydrogen-bond acceptors (Lipinski definition) is 4. The molecule has 84 valence electrons. The van der Waals surface area contributed by atoms with Crippen LogP contribution in [0.2, 0.25) is 0 Å². The quantitative estimate of drug-likeness (QED) is 0.762. The third-order valence-electron chi connectivity index (χ3n) is 1.56. The van der Waals surface area contributed by atoms with E-state index in [1.54, 1.807) is 31.4 Å². The minimum Gasteiger partial charge on any atom is -0.497 e. The van der Waals surface area contributed by atoms with Gasteiger partial charge in [-0.15, -0.1) is 0 Å². The molecule has 0 N–H and O–H groups in total. The van der Waals surface area contributed by atoms with Gasteiger partial charge in [0.1, 0.15) is 11.5 Å². The molecule has 0 heterocycles. The Balaban J connectivity index is 2.68. The van der Waals surface area contributed by atoms with E-state index >= 15 is 0 Å². The van der Waals surface area contributed by atoms with Crippen LogP contribution >= 0.6 is 17.1 Å². The zero-order valence-electron chi connectivity index (χ0n) is 8.47. The summed E-state index contributed by atoms with van der Waals surface area (Å²) in [5, 5.41) is 0. The zero-order valence-corrected chi connectivity index (χ0v) is 10.9. The van der Waals surface area contributed by atoms with E-state index in [0.29, 0.717) is 12.4 Å². The van der Waals surface area contributed by atoms with Gasteiger partial charge in [-0.05, 0) is 54.2 Å². The molecule has 0 aliphatic heterocycles. The fourth-order valence-corrected chi connectivity index (χ4v) is 2.78. The lowest BCUT2D eigenvalue weighted by molar-refractivity contribution is 0.343. The molecule has 0 aromatic heterocycles. The fraction of sp³-hybridized carbons (Fsp3) is 0.333. The van der Waals surface area contributed by atoms with Crippen LogP contribution in [0.1, 0.15) is 6.92 Å². The van der Waals surface area contributed by atoms with Gasteiger partial charge in [-0.3, -0.25) is 0 Å². The van der Waals surface area contributed by atoms with Gasteiger partial charge >= 0.3 is 5.84 Å². The predicted octanol–water partition coefficient (Wildman–Crippen LogP) is 3.57. The number of halogens is 1. The van der Waals surface area contributed by atoms with E-state index in [-0.39, 0.29) is 0 Å². The van der Waals surface area contributed by atoms with Crippen molar-refractivity contribution in [2.24, 2.45) is 0 Å². The van der Waals surface area contributed by atoms with E-state index < -0.39 is 5.84 Å². The first-order valence-corrected chi connectivity index (χ1v) is 7.89. The summed E-state index contributed by atoms with van der Waals surface area (Å²) >= 11 is 10.9. The minimum absolute atomic E-state index is 0.441. The lowest BCUT2D eigenvalue weighted by atomic mass is 10.3. The molecule has 1 aromatic carbocycles. The minimum atomic E-state index is -2.67. The van der Waals surface area contributed by atoms with Gasteiger partial charge in [0.25, 0.3) is 0 Å². The molecule has 0 saturated carbocycles. The molecule has 3 nitrogen and oxygen atoms in total. The van der Waals surface area contributed by atoms with Crippen molar-refractivity contribution >= 4 is 28.9 Å². The largest absolute Gasteiger partial charge is 0.497 e. The van der Waals surface area contributed by atoms with Gasteiger partial charge in [0.05, 0.1) is 13.7 Å². The Kier molecular flexibility index (Phi) is 4.87. The van der Waals surface area contributed by atoms with Crippen LogP contribution in [0, 0.1) is 0 Å². The van der Waals surface area contributed by atoms with E-state index in [1.807, 2.05) is 6.92 Å². The Morgan fingerprint density at radius 1 is 1.27 bits per heavy atom. The molecule has 15 heavy (non-hydrogen) atoms. The average molecular weight is 267 g/mol. The van der Waals surface area contributed by atoms with E-state index in [0.717, 1.165) is 5.75 Å². The van der Waals surface area contributed by atoms with Crippen molar-refractivity contribution < 1.29 is 13.8 Å². The summed E-state index contributed by atoms with van der Waals surface area (Å²) in [5.41, 5.74) is 0. The van der Waals surface area contributed by atoms with Gasteiger partial charge in [0, 0.05) is 0 Å². The second-order valence-corrected chi connectivity index (χ2v) is 7.30. The molecule has 0 spiro atoms. The van der Waals surface area contributed by atoms with Gasteiger partial charge in [-0.1, -0.05) is 0 Å². The molecule has 1 unspecified atom stereocenters. The summed E-state index contributed by atoms with van der Waals surface area (Å²) in [6, 6.07) is 7.02. The van der Waals surface area contributed by atoms with E-state index in [4.69, 9.17) is 36.8 Å². The van der Waals surface area contributed by atoms with Gasteiger partial charge in [-0.2, -0.15) is 0 Å². The highest BCUT2D eigenvalue weighted by atomic mass is 35.7. The monoisotopic (exact) mass is 266 g/mol. The van der Waals surface area contributed by atoms with Crippen LogP contribution in [0.15, 0.2) is 24.3 Å². The predicted molar refractivity (Wildman–Crippen MR) is 65.4 cm³/mol. The number of benzene rings is 1. The van der Waals surface area contributed by atoms with E-state index in [2.05, 4.69) is 0 Å². The number of ether oxygens (including phenoxy) is 1. The highest BCUT2D eigenvalue weighted by Gasteiger charge is 2.15. The highest BCUT2D eigenvalue weighted by Crippen LogP contribution is 2.53. The summed E-state index contributed by atoms with van der Waals surface area (Å²) in [7, 11) is 1.60. The van der Waals surface area contributed by atoms with Crippen molar-refractivity contribution in [1.82, 2.24) is 0 Å². The van der Waals surface area contributed by atoms with Crippen molar-refractivity contribution in [3.63, 3.8) is 0 Å². The summed E-state index contributed by atoms with van der Waals surface area (Å²) in [5.74, 6) is -1.34. The van der Waals surface area contributed by atoms with Crippen molar-refractivity contribution in [3.05, 3.63) is 24.3 Å². The molecule has 0 saturated heterocycles. The maximum absolute atomic E-state index is 5.89. The van der Waals surface area contributed by atoms with Crippen LogP contribution in [0.3, 0.4) is 0 Å². The molecule has 1 rings (SSSR count). The molecule has 1 atom stereocenters. The number of rotatable bonds is 5. The molecular formula is C9H12ClO3PS. The van der Waals surface area contributed by atoms with Crippen LogP contribution in [0.4, 0.5) is 0 Å². The second kappa shape index (κ2) is 5.71. The summed E-state index contributed by atoms with van der Waals surface area (Å²) in [6.45, 7) is 2.26. The maximum atomic E-state index is 5.89. The first kappa shape index (κ1) is 12.8. The maximum Gasteiger partial charge on any atom is 0.332 e. The second-order valence-electron chi connectivity index (χ2n) is 2.62. The Bertz CT molecular complexity index is 355. The zero-order chi connectivity index (χ0) is 11.3. The van der Waals surface area contributed by atoms with Crippen LogP contribution < -0.4 is 9.26 Å². The SMILES string of the molecule is CCOP(=S)(Cl)Oc1ccc(OC)cc1. The molecule has 0 aliphatic rings. The first-order chi connectivity index (χ1) is 7.07. The molecular weight excluding hydrogens is 255 g/mol.